The van der Waals surface area contributed by atoms with Crippen molar-refractivity contribution < 1.29 is 14.3 Å². The molecule has 2 aromatic rings. The summed E-state index contributed by atoms with van der Waals surface area (Å²) in [6.07, 6.45) is 1.76. The number of hydrogen-bond acceptors (Lipinski definition) is 3. The molecule has 0 atom stereocenters. The third kappa shape index (κ3) is 3.46. The van der Waals surface area contributed by atoms with E-state index in [9.17, 15) is 9.59 Å². The number of carbonyl (C=O) groups excluding carboxylic acids is 2. The van der Waals surface area contributed by atoms with Gasteiger partial charge in [-0.25, -0.2) is 9.59 Å². The van der Waals surface area contributed by atoms with Crippen molar-refractivity contribution in [3.63, 3.8) is 0 Å². The van der Waals surface area contributed by atoms with Gasteiger partial charge in [0.2, 0.25) is 0 Å². The second-order valence-corrected chi connectivity index (χ2v) is 5.74. The molecule has 24 heavy (non-hydrogen) atoms. The number of benzene rings is 2. The van der Waals surface area contributed by atoms with Gasteiger partial charge < -0.3 is 15.4 Å². The third-order valence-electron chi connectivity index (χ3n) is 3.89. The first-order chi connectivity index (χ1) is 11.5. The van der Waals surface area contributed by atoms with Crippen molar-refractivity contribution in [1.82, 2.24) is 0 Å². The summed E-state index contributed by atoms with van der Waals surface area (Å²) >= 11 is 0. The normalized spacial score (nSPS) is 12.5. The minimum Gasteiger partial charge on any atom is -0.465 e. The number of esters is 1. The van der Waals surface area contributed by atoms with Gasteiger partial charge >= 0.3 is 12.0 Å². The van der Waals surface area contributed by atoms with Crippen LogP contribution < -0.4 is 10.6 Å². The quantitative estimate of drug-likeness (QED) is 0.667. The molecule has 0 fully saturated rings. The van der Waals surface area contributed by atoms with E-state index >= 15 is 0 Å². The molecule has 3 rings (SSSR count). The predicted octanol–water partition coefficient (Wildman–Crippen LogP) is 3.77. The van der Waals surface area contributed by atoms with E-state index in [4.69, 9.17) is 0 Å². The van der Waals surface area contributed by atoms with Gasteiger partial charge in [-0.15, -0.1) is 0 Å². The van der Waals surface area contributed by atoms with E-state index in [0.29, 0.717) is 11.3 Å². The molecule has 0 spiro atoms. The van der Waals surface area contributed by atoms with Crippen LogP contribution >= 0.6 is 0 Å². The number of allylic oxidation sites excluding steroid dienone is 1. The first-order valence-corrected chi connectivity index (χ1v) is 7.60. The molecule has 5 nitrogen and oxygen atoms in total. The lowest BCUT2D eigenvalue weighted by Gasteiger charge is -2.10. The van der Waals surface area contributed by atoms with Crippen LogP contribution in [0, 0.1) is 0 Å². The largest absolute Gasteiger partial charge is 0.465 e. The van der Waals surface area contributed by atoms with Gasteiger partial charge in [0.15, 0.2) is 0 Å². The van der Waals surface area contributed by atoms with E-state index in [1.165, 1.54) is 23.8 Å². The Bertz CT molecular complexity index is 827. The summed E-state index contributed by atoms with van der Waals surface area (Å²) in [5, 5.41) is 5.51. The molecular weight excluding hydrogens is 304 g/mol. The zero-order valence-electron chi connectivity index (χ0n) is 13.4. The van der Waals surface area contributed by atoms with Crippen LogP contribution in [0.15, 0.2) is 54.6 Å². The molecule has 0 radical (unpaired) electrons. The smallest absolute Gasteiger partial charge is 0.337 e. The Kier molecular flexibility index (Phi) is 4.33. The zero-order chi connectivity index (χ0) is 17.1. The van der Waals surface area contributed by atoms with Crippen molar-refractivity contribution >= 4 is 23.4 Å². The number of carbonyl (C=O) groups is 2. The average molecular weight is 322 g/mol. The molecule has 122 valence electrons. The van der Waals surface area contributed by atoms with E-state index < -0.39 is 5.97 Å². The van der Waals surface area contributed by atoms with Crippen molar-refractivity contribution in [2.75, 3.05) is 17.7 Å². The van der Waals surface area contributed by atoms with Gasteiger partial charge in [-0.05, 0) is 54.3 Å². The van der Waals surface area contributed by atoms with E-state index in [-0.39, 0.29) is 6.03 Å². The molecular formula is C19H18N2O3. The Morgan fingerprint density at radius 3 is 2.46 bits per heavy atom. The fourth-order valence-electron chi connectivity index (χ4n) is 2.78. The topological polar surface area (TPSA) is 67.4 Å². The van der Waals surface area contributed by atoms with Gasteiger partial charge in [-0.1, -0.05) is 24.3 Å². The van der Waals surface area contributed by atoms with Crippen molar-refractivity contribution in [2.45, 2.75) is 12.8 Å². The maximum atomic E-state index is 12.1. The van der Waals surface area contributed by atoms with Crippen molar-refractivity contribution in [2.24, 2.45) is 0 Å². The molecule has 2 N–H and O–H groups in total. The Balaban J connectivity index is 1.67. The van der Waals surface area contributed by atoms with Gasteiger partial charge in [-0.3, -0.25) is 0 Å². The van der Waals surface area contributed by atoms with Crippen LogP contribution in [0.3, 0.4) is 0 Å². The molecule has 0 unspecified atom stereocenters. The number of urea groups is 1. The number of hydrogen-bond donors (Lipinski definition) is 2. The first-order valence-electron chi connectivity index (χ1n) is 7.60. The minimum absolute atomic E-state index is 0.367. The highest BCUT2D eigenvalue weighted by Gasteiger charge is 2.15. The molecule has 0 bridgehead atoms. The van der Waals surface area contributed by atoms with Gasteiger partial charge in [0.25, 0.3) is 0 Å². The zero-order valence-corrected chi connectivity index (χ0v) is 13.4. The molecule has 5 heteroatoms. The second-order valence-electron chi connectivity index (χ2n) is 5.74. The molecule has 1 aliphatic carbocycles. The van der Waals surface area contributed by atoms with Crippen molar-refractivity contribution in [3.05, 3.63) is 71.3 Å². The summed E-state index contributed by atoms with van der Waals surface area (Å²) < 4.78 is 4.67. The van der Waals surface area contributed by atoms with E-state index in [0.717, 1.165) is 18.5 Å². The van der Waals surface area contributed by atoms with Crippen LogP contribution in [0.5, 0.6) is 0 Å². The molecule has 0 aromatic heterocycles. The number of amides is 2. The summed E-state index contributed by atoms with van der Waals surface area (Å²) in [4.78, 5) is 23.7. The van der Waals surface area contributed by atoms with Crippen LogP contribution in [-0.4, -0.2) is 19.1 Å². The fraction of sp³-hybridized carbons (Fsp3) is 0.158. The minimum atomic E-state index is -0.446. The highest BCUT2D eigenvalue weighted by atomic mass is 16.5. The highest BCUT2D eigenvalue weighted by Crippen LogP contribution is 2.27. The Morgan fingerprint density at radius 1 is 1.00 bits per heavy atom. The van der Waals surface area contributed by atoms with Gasteiger partial charge in [0, 0.05) is 11.4 Å². The van der Waals surface area contributed by atoms with Gasteiger partial charge in [0.1, 0.15) is 0 Å². The molecule has 0 heterocycles. The molecule has 2 aromatic carbocycles. The first kappa shape index (κ1) is 15.8. The maximum absolute atomic E-state index is 12.1. The number of rotatable bonds is 3. The molecule has 0 saturated heterocycles. The van der Waals surface area contributed by atoms with Crippen LogP contribution in [-0.2, 0) is 17.6 Å². The predicted molar refractivity (Wildman–Crippen MR) is 93.4 cm³/mol. The van der Waals surface area contributed by atoms with Crippen LogP contribution in [0.2, 0.25) is 0 Å². The van der Waals surface area contributed by atoms with E-state index in [2.05, 4.69) is 21.9 Å². The second kappa shape index (κ2) is 6.58. The van der Waals surface area contributed by atoms with Crippen molar-refractivity contribution in [3.8, 4) is 0 Å². The van der Waals surface area contributed by atoms with Crippen molar-refractivity contribution in [1.29, 1.82) is 0 Å². The molecule has 2 amide bonds. The number of anilines is 2. The Morgan fingerprint density at radius 2 is 1.71 bits per heavy atom. The lowest BCUT2D eigenvalue weighted by Crippen LogP contribution is -2.19. The monoisotopic (exact) mass is 322 g/mol. The standard InChI is InChI=1S/C19H18N2O3/c1-12-8-13-6-7-17(11-15(13)9-12)21-19(23)20-16-5-3-4-14(10-16)18(22)24-2/h3-7,10-11H,1,8-9H2,2H3,(H2,20,21,23). The van der Waals surface area contributed by atoms with Crippen LogP contribution in [0.25, 0.3) is 0 Å². The Labute approximate surface area is 140 Å². The van der Waals surface area contributed by atoms with Gasteiger partial charge in [-0.2, -0.15) is 0 Å². The van der Waals surface area contributed by atoms with Crippen LogP contribution in [0.4, 0.5) is 16.2 Å². The third-order valence-corrected chi connectivity index (χ3v) is 3.89. The number of fused-ring (bicyclic) bond motifs is 1. The average Bonchev–Trinajstić information content (AvgIpc) is 2.93. The van der Waals surface area contributed by atoms with E-state index in [1.807, 2.05) is 18.2 Å². The lowest BCUT2D eigenvalue weighted by atomic mass is 10.1. The SMILES string of the molecule is C=C1Cc2ccc(NC(=O)Nc3cccc(C(=O)OC)c3)cc2C1. The molecule has 0 saturated carbocycles. The van der Waals surface area contributed by atoms with E-state index in [1.54, 1.807) is 24.3 Å². The lowest BCUT2D eigenvalue weighted by molar-refractivity contribution is 0.0600. The maximum Gasteiger partial charge on any atom is 0.337 e. The molecule has 1 aliphatic rings. The fourth-order valence-corrected chi connectivity index (χ4v) is 2.78. The summed E-state index contributed by atoms with van der Waals surface area (Å²) in [6.45, 7) is 4.01. The Hall–Kier alpha value is -3.08. The number of methoxy groups -OCH3 is 1. The molecule has 0 aliphatic heterocycles. The highest BCUT2D eigenvalue weighted by molar-refractivity contribution is 6.00. The van der Waals surface area contributed by atoms with Gasteiger partial charge in [0.05, 0.1) is 12.7 Å². The number of ether oxygens (including phenoxy) is 1. The van der Waals surface area contributed by atoms with Crippen LogP contribution in [0.1, 0.15) is 21.5 Å². The summed E-state index contributed by atoms with van der Waals surface area (Å²) in [7, 11) is 1.32. The summed E-state index contributed by atoms with van der Waals surface area (Å²) in [5.74, 6) is -0.446. The number of nitrogens with one attached hydrogen (secondary N) is 2. The summed E-state index contributed by atoms with van der Waals surface area (Å²) in [5.41, 5.74) is 5.27. The summed E-state index contributed by atoms with van der Waals surface area (Å²) in [6, 6.07) is 12.1.